The highest BCUT2D eigenvalue weighted by atomic mass is 32.1. The zero-order valence-electron chi connectivity index (χ0n) is 15.5. The lowest BCUT2D eigenvalue weighted by molar-refractivity contribution is -0.116. The zero-order valence-corrected chi connectivity index (χ0v) is 16.3. The van der Waals surface area contributed by atoms with Gasteiger partial charge in [0.25, 0.3) is 5.91 Å². The maximum atomic E-state index is 12.1. The Balaban J connectivity index is 2.29. The minimum Gasteiger partial charge on any atom is -0.365 e. The second-order valence-corrected chi connectivity index (χ2v) is 9.11. The van der Waals surface area contributed by atoms with E-state index in [9.17, 15) is 9.59 Å². The average molecular weight is 351 g/mol. The van der Waals surface area contributed by atoms with Crippen LogP contribution in [-0.4, -0.2) is 11.8 Å². The summed E-state index contributed by atoms with van der Waals surface area (Å²) in [7, 11) is 0. The van der Waals surface area contributed by atoms with Crippen LogP contribution >= 0.6 is 11.3 Å². The molecular formula is C19H30N2O2S. The number of carbonyl (C=O) groups is 2. The van der Waals surface area contributed by atoms with E-state index in [0.717, 1.165) is 31.2 Å². The topological polar surface area (TPSA) is 72.2 Å². The molecule has 4 nitrogen and oxygen atoms in total. The van der Waals surface area contributed by atoms with E-state index in [1.54, 1.807) is 11.3 Å². The Morgan fingerprint density at radius 1 is 1.38 bits per heavy atom. The number of primary amides is 1. The highest BCUT2D eigenvalue weighted by Gasteiger charge is 2.34. The largest absolute Gasteiger partial charge is 0.365 e. The smallest absolute Gasteiger partial charge is 0.251 e. The maximum Gasteiger partial charge on any atom is 0.251 e. The first-order chi connectivity index (χ1) is 11.2. The molecule has 1 aromatic rings. The van der Waals surface area contributed by atoms with Crippen molar-refractivity contribution in [1.29, 1.82) is 0 Å². The molecule has 2 amide bonds. The Morgan fingerprint density at radius 3 is 2.58 bits per heavy atom. The monoisotopic (exact) mass is 350 g/mol. The summed E-state index contributed by atoms with van der Waals surface area (Å²) in [4.78, 5) is 25.3. The fourth-order valence-corrected chi connectivity index (χ4v) is 4.79. The van der Waals surface area contributed by atoms with E-state index in [1.165, 1.54) is 4.88 Å². The molecule has 0 saturated carbocycles. The predicted molar refractivity (Wildman–Crippen MR) is 101 cm³/mol. The molecular weight excluding hydrogens is 320 g/mol. The van der Waals surface area contributed by atoms with Crippen molar-refractivity contribution in [3.63, 3.8) is 0 Å². The van der Waals surface area contributed by atoms with E-state index in [4.69, 9.17) is 5.73 Å². The standard InChI is InChI=1S/C19H30N2O2S/c1-6-19(4,5)12-7-8-13-14(10-12)24-18(16(13)17(20)23)21-15(22)9-11(2)3/h11-12H,6-10H2,1-5H3,(H2,20,23)(H,21,22)/t12-/m0/s1. The summed E-state index contributed by atoms with van der Waals surface area (Å²) in [6.45, 7) is 10.9. The van der Waals surface area contributed by atoms with Crippen LogP contribution < -0.4 is 11.1 Å². The molecule has 0 bridgehead atoms. The lowest BCUT2D eigenvalue weighted by Crippen LogP contribution is -2.29. The molecule has 0 spiro atoms. The lowest BCUT2D eigenvalue weighted by Gasteiger charge is -2.36. The molecule has 0 saturated heterocycles. The molecule has 0 fully saturated rings. The van der Waals surface area contributed by atoms with Crippen molar-refractivity contribution in [1.82, 2.24) is 0 Å². The van der Waals surface area contributed by atoms with Gasteiger partial charge in [0.1, 0.15) is 5.00 Å². The third-order valence-corrected chi connectivity index (χ3v) is 6.54. The minimum absolute atomic E-state index is 0.0449. The van der Waals surface area contributed by atoms with Crippen LogP contribution in [0.3, 0.4) is 0 Å². The Morgan fingerprint density at radius 2 is 2.04 bits per heavy atom. The first-order valence-corrected chi connectivity index (χ1v) is 9.71. The molecule has 0 radical (unpaired) electrons. The van der Waals surface area contributed by atoms with Gasteiger partial charge in [-0.05, 0) is 42.1 Å². The molecule has 0 aromatic carbocycles. The van der Waals surface area contributed by atoms with Crippen LogP contribution in [0.2, 0.25) is 0 Å². The van der Waals surface area contributed by atoms with Gasteiger partial charge < -0.3 is 11.1 Å². The van der Waals surface area contributed by atoms with Gasteiger partial charge in [0, 0.05) is 11.3 Å². The second kappa shape index (κ2) is 7.26. The summed E-state index contributed by atoms with van der Waals surface area (Å²) >= 11 is 1.54. The second-order valence-electron chi connectivity index (χ2n) is 8.00. The molecule has 1 heterocycles. The quantitative estimate of drug-likeness (QED) is 0.799. The van der Waals surface area contributed by atoms with Gasteiger partial charge in [0.2, 0.25) is 5.91 Å². The Hall–Kier alpha value is -1.36. The number of rotatable bonds is 6. The van der Waals surface area contributed by atoms with Crippen LogP contribution in [0, 0.1) is 17.3 Å². The van der Waals surface area contributed by atoms with E-state index in [2.05, 4.69) is 26.1 Å². The SMILES string of the molecule is CCC(C)(C)[C@H]1CCc2c(sc(NC(=O)CC(C)C)c2C(N)=O)C1. The van der Waals surface area contributed by atoms with Gasteiger partial charge in [0.15, 0.2) is 0 Å². The van der Waals surface area contributed by atoms with Crippen LogP contribution in [0.15, 0.2) is 0 Å². The van der Waals surface area contributed by atoms with Crippen LogP contribution in [0.5, 0.6) is 0 Å². The molecule has 134 valence electrons. The summed E-state index contributed by atoms with van der Waals surface area (Å²) in [5.41, 5.74) is 7.52. The van der Waals surface area contributed by atoms with Gasteiger partial charge in [-0.3, -0.25) is 9.59 Å². The summed E-state index contributed by atoms with van der Waals surface area (Å²) in [6.07, 6.45) is 4.51. The third-order valence-electron chi connectivity index (χ3n) is 5.37. The van der Waals surface area contributed by atoms with Gasteiger partial charge in [-0.2, -0.15) is 0 Å². The van der Waals surface area contributed by atoms with Crippen LogP contribution in [-0.2, 0) is 17.6 Å². The molecule has 0 unspecified atom stereocenters. The number of carbonyl (C=O) groups excluding carboxylic acids is 2. The molecule has 5 heteroatoms. The summed E-state index contributed by atoms with van der Waals surface area (Å²) in [6, 6.07) is 0. The molecule has 0 aliphatic heterocycles. The molecule has 3 N–H and O–H groups in total. The minimum atomic E-state index is -0.430. The van der Waals surface area contributed by atoms with Crippen molar-refractivity contribution in [2.75, 3.05) is 5.32 Å². The number of hydrogen-bond donors (Lipinski definition) is 2. The number of fused-ring (bicyclic) bond motifs is 1. The highest BCUT2D eigenvalue weighted by Crippen LogP contribution is 2.45. The number of hydrogen-bond acceptors (Lipinski definition) is 3. The molecule has 1 aromatic heterocycles. The van der Waals surface area contributed by atoms with Crippen LogP contribution in [0.25, 0.3) is 0 Å². The third kappa shape index (κ3) is 4.00. The van der Waals surface area contributed by atoms with Crippen molar-refractivity contribution in [3.05, 3.63) is 16.0 Å². The van der Waals surface area contributed by atoms with E-state index in [-0.39, 0.29) is 17.2 Å². The molecule has 1 atom stereocenters. The molecule has 1 aliphatic rings. The number of nitrogens with one attached hydrogen (secondary N) is 1. The lowest BCUT2D eigenvalue weighted by atomic mass is 9.69. The summed E-state index contributed by atoms with van der Waals surface area (Å²) in [5.74, 6) is 0.414. The predicted octanol–water partition coefficient (Wildman–Crippen LogP) is 4.37. The maximum absolute atomic E-state index is 12.1. The van der Waals surface area contributed by atoms with E-state index < -0.39 is 5.91 Å². The highest BCUT2D eigenvalue weighted by molar-refractivity contribution is 7.17. The fourth-order valence-electron chi connectivity index (χ4n) is 3.44. The molecule has 1 aliphatic carbocycles. The van der Waals surface area contributed by atoms with Gasteiger partial charge in [0.05, 0.1) is 5.56 Å². The molecule has 24 heavy (non-hydrogen) atoms. The van der Waals surface area contributed by atoms with Crippen molar-refractivity contribution in [3.8, 4) is 0 Å². The van der Waals surface area contributed by atoms with Gasteiger partial charge in [-0.1, -0.05) is 41.0 Å². The van der Waals surface area contributed by atoms with Crippen molar-refractivity contribution < 1.29 is 9.59 Å². The van der Waals surface area contributed by atoms with Crippen LogP contribution in [0.4, 0.5) is 5.00 Å². The fraction of sp³-hybridized carbons (Fsp3) is 0.684. The number of nitrogens with two attached hydrogens (primary N) is 1. The summed E-state index contributed by atoms with van der Waals surface area (Å²) < 4.78 is 0. The number of amides is 2. The normalized spacial score (nSPS) is 17.7. The first kappa shape index (κ1) is 19.0. The first-order valence-electron chi connectivity index (χ1n) is 8.89. The van der Waals surface area contributed by atoms with Crippen molar-refractivity contribution in [2.45, 2.75) is 66.7 Å². The summed E-state index contributed by atoms with van der Waals surface area (Å²) in [5, 5.41) is 3.57. The van der Waals surface area contributed by atoms with Crippen molar-refractivity contribution in [2.24, 2.45) is 23.0 Å². The van der Waals surface area contributed by atoms with Crippen LogP contribution in [0.1, 0.15) is 74.7 Å². The Kier molecular flexibility index (Phi) is 5.74. The van der Waals surface area contributed by atoms with E-state index in [1.807, 2.05) is 13.8 Å². The van der Waals surface area contributed by atoms with E-state index >= 15 is 0 Å². The van der Waals surface area contributed by atoms with Gasteiger partial charge in [-0.25, -0.2) is 0 Å². The van der Waals surface area contributed by atoms with Gasteiger partial charge in [-0.15, -0.1) is 11.3 Å². The van der Waals surface area contributed by atoms with Gasteiger partial charge >= 0.3 is 0 Å². The number of anilines is 1. The van der Waals surface area contributed by atoms with E-state index in [0.29, 0.717) is 22.9 Å². The zero-order chi connectivity index (χ0) is 18.1. The number of thiophene rings is 1. The Labute approximate surface area is 149 Å². The Bertz CT molecular complexity index is 632. The molecule has 2 rings (SSSR count). The average Bonchev–Trinajstić information content (AvgIpc) is 2.82. The van der Waals surface area contributed by atoms with Crippen molar-refractivity contribution >= 4 is 28.2 Å².